The molecule has 0 atom stereocenters. The Hall–Kier alpha value is -1.56. The van der Waals surface area contributed by atoms with Crippen molar-refractivity contribution in [3.63, 3.8) is 0 Å². The highest BCUT2D eigenvalue weighted by Crippen LogP contribution is 2.34. The van der Waals surface area contributed by atoms with Gasteiger partial charge in [-0.2, -0.15) is 0 Å². The number of rotatable bonds is 2. The molecule has 5 nitrogen and oxygen atoms in total. The van der Waals surface area contributed by atoms with Crippen molar-refractivity contribution in [3.05, 3.63) is 11.8 Å². The first-order valence-corrected chi connectivity index (χ1v) is 5.27. The van der Waals surface area contributed by atoms with E-state index in [0.717, 1.165) is 15.7 Å². The number of nitrogens with zero attached hydrogens (tertiary/aromatic N) is 3. The maximum absolute atomic E-state index is 5.50. The van der Waals surface area contributed by atoms with E-state index in [1.165, 1.54) is 0 Å². The normalized spacial score (nSPS) is 10.6. The van der Waals surface area contributed by atoms with E-state index < -0.39 is 0 Å². The third kappa shape index (κ3) is 1.80. The number of hydrogen-bond donors (Lipinski definition) is 1. The molecule has 0 aliphatic rings. The van der Waals surface area contributed by atoms with Crippen molar-refractivity contribution in [1.29, 1.82) is 0 Å². The van der Waals surface area contributed by atoms with E-state index in [-0.39, 0.29) is 0 Å². The van der Waals surface area contributed by atoms with Gasteiger partial charge in [-0.3, -0.25) is 0 Å². The predicted molar refractivity (Wildman–Crippen MR) is 61.1 cm³/mol. The SMILES string of the molecule is Cc1nc(N(C)C)sc1-c1cc(N)no1. The molecule has 0 spiro atoms. The average molecular weight is 224 g/mol. The molecule has 0 saturated heterocycles. The molecule has 2 aromatic heterocycles. The van der Waals surface area contributed by atoms with Crippen LogP contribution in [0.2, 0.25) is 0 Å². The molecule has 2 N–H and O–H groups in total. The molecule has 2 rings (SSSR count). The number of thiazole rings is 1. The fraction of sp³-hybridized carbons (Fsp3) is 0.333. The highest BCUT2D eigenvalue weighted by atomic mass is 32.1. The van der Waals surface area contributed by atoms with Crippen LogP contribution < -0.4 is 10.6 Å². The van der Waals surface area contributed by atoms with Gasteiger partial charge in [-0.05, 0) is 6.92 Å². The van der Waals surface area contributed by atoms with Crippen LogP contribution >= 0.6 is 11.3 Å². The largest absolute Gasteiger partial charge is 0.381 e. The molecule has 0 fully saturated rings. The molecule has 0 aliphatic carbocycles. The summed E-state index contributed by atoms with van der Waals surface area (Å²) in [6.07, 6.45) is 0. The maximum atomic E-state index is 5.50. The summed E-state index contributed by atoms with van der Waals surface area (Å²) in [4.78, 5) is 7.35. The number of anilines is 2. The van der Waals surface area contributed by atoms with Crippen LogP contribution in [0.5, 0.6) is 0 Å². The lowest BCUT2D eigenvalue weighted by Crippen LogP contribution is -2.07. The first kappa shape index (κ1) is 9.97. The van der Waals surface area contributed by atoms with E-state index in [0.29, 0.717) is 11.6 Å². The lowest BCUT2D eigenvalue weighted by molar-refractivity contribution is 0.436. The van der Waals surface area contributed by atoms with Gasteiger partial charge in [0.25, 0.3) is 0 Å². The van der Waals surface area contributed by atoms with Gasteiger partial charge in [-0.15, -0.1) is 0 Å². The quantitative estimate of drug-likeness (QED) is 0.841. The molecular weight excluding hydrogens is 212 g/mol. The van der Waals surface area contributed by atoms with Crippen molar-refractivity contribution in [2.24, 2.45) is 0 Å². The summed E-state index contributed by atoms with van der Waals surface area (Å²) in [7, 11) is 3.91. The first-order chi connectivity index (χ1) is 7.08. The third-order valence-corrected chi connectivity index (χ3v) is 3.26. The minimum absolute atomic E-state index is 0.393. The maximum Gasteiger partial charge on any atom is 0.185 e. The monoisotopic (exact) mass is 224 g/mol. The van der Waals surface area contributed by atoms with Gasteiger partial charge >= 0.3 is 0 Å². The topological polar surface area (TPSA) is 68.2 Å². The summed E-state index contributed by atoms with van der Waals surface area (Å²) >= 11 is 1.56. The number of aromatic nitrogens is 2. The zero-order chi connectivity index (χ0) is 11.0. The summed E-state index contributed by atoms with van der Waals surface area (Å²) < 4.78 is 5.10. The van der Waals surface area contributed by atoms with E-state index in [1.54, 1.807) is 17.4 Å². The van der Waals surface area contributed by atoms with E-state index >= 15 is 0 Å². The van der Waals surface area contributed by atoms with Crippen molar-refractivity contribution in [1.82, 2.24) is 10.1 Å². The molecule has 0 amide bonds. The molecule has 0 saturated carbocycles. The second kappa shape index (κ2) is 3.54. The number of aryl methyl sites for hydroxylation is 1. The minimum atomic E-state index is 0.393. The molecule has 2 heterocycles. The van der Waals surface area contributed by atoms with Crippen LogP contribution in [0.1, 0.15) is 5.69 Å². The van der Waals surface area contributed by atoms with Crippen molar-refractivity contribution in [2.45, 2.75) is 6.92 Å². The van der Waals surface area contributed by atoms with E-state index in [9.17, 15) is 0 Å². The smallest absolute Gasteiger partial charge is 0.185 e. The fourth-order valence-corrected chi connectivity index (χ4v) is 2.14. The van der Waals surface area contributed by atoms with Gasteiger partial charge in [0.15, 0.2) is 16.7 Å². The van der Waals surface area contributed by atoms with Gasteiger partial charge in [0.1, 0.15) is 0 Å². The molecule has 0 aromatic carbocycles. The van der Waals surface area contributed by atoms with Crippen LogP contribution in [0, 0.1) is 6.92 Å². The van der Waals surface area contributed by atoms with E-state index in [2.05, 4.69) is 10.1 Å². The van der Waals surface area contributed by atoms with Crippen LogP contribution in [0.3, 0.4) is 0 Å². The Labute approximate surface area is 91.5 Å². The second-order valence-corrected chi connectivity index (χ2v) is 4.40. The van der Waals surface area contributed by atoms with Crippen molar-refractivity contribution in [3.8, 4) is 10.6 Å². The van der Waals surface area contributed by atoms with Gasteiger partial charge in [0.2, 0.25) is 0 Å². The zero-order valence-corrected chi connectivity index (χ0v) is 9.63. The summed E-state index contributed by atoms with van der Waals surface area (Å²) in [5, 5.41) is 4.60. The predicted octanol–water partition coefficient (Wildman–Crippen LogP) is 1.75. The van der Waals surface area contributed by atoms with Crippen LogP contribution in [0.4, 0.5) is 10.9 Å². The highest BCUT2D eigenvalue weighted by Gasteiger charge is 2.14. The van der Waals surface area contributed by atoms with Crippen molar-refractivity contribution >= 4 is 22.3 Å². The Kier molecular flexibility index (Phi) is 2.36. The molecule has 0 unspecified atom stereocenters. The Bertz CT molecular complexity index is 474. The number of hydrogen-bond acceptors (Lipinski definition) is 6. The fourth-order valence-electron chi connectivity index (χ4n) is 1.20. The van der Waals surface area contributed by atoms with Crippen LogP contribution in [0.15, 0.2) is 10.6 Å². The van der Waals surface area contributed by atoms with Crippen LogP contribution in [-0.4, -0.2) is 24.2 Å². The molecule has 80 valence electrons. The summed E-state index contributed by atoms with van der Waals surface area (Å²) in [6.45, 7) is 1.94. The Morgan fingerprint density at radius 3 is 2.67 bits per heavy atom. The number of nitrogens with two attached hydrogens (primary N) is 1. The Morgan fingerprint density at radius 2 is 2.20 bits per heavy atom. The van der Waals surface area contributed by atoms with Crippen LogP contribution in [0.25, 0.3) is 10.6 Å². The number of nitrogen functional groups attached to an aromatic ring is 1. The molecule has 0 bridgehead atoms. The minimum Gasteiger partial charge on any atom is -0.381 e. The van der Waals surface area contributed by atoms with Gasteiger partial charge in [-0.1, -0.05) is 16.5 Å². The highest BCUT2D eigenvalue weighted by molar-refractivity contribution is 7.19. The van der Waals surface area contributed by atoms with Crippen LogP contribution in [-0.2, 0) is 0 Å². The summed E-state index contributed by atoms with van der Waals surface area (Å²) in [5.74, 6) is 1.07. The van der Waals surface area contributed by atoms with Gasteiger partial charge in [-0.25, -0.2) is 4.98 Å². The van der Waals surface area contributed by atoms with Gasteiger partial charge in [0.05, 0.1) is 10.6 Å². The molecule has 2 aromatic rings. The zero-order valence-electron chi connectivity index (χ0n) is 8.81. The molecule has 0 aliphatic heterocycles. The van der Waals surface area contributed by atoms with Crippen molar-refractivity contribution in [2.75, 3.05) is 24.7 Å². The molecule has 0 radical (unpaired) electrons. The average Bonchev–Trinajstić information content (AvgIpc) is 2.71. The Balaban J connectivity index is 2.44. The first-order valence-electron chi connectivity index (χ1n) is 4.45. The summed E-state index contributed by atoms with van der Waals surface area (Å²) in [5.41, 5.74) is 6.43. The van der Waals surface area contributed by atoms with Gasteiger partial charge < -0.3 is 15.2 Å². The standard InChI is InChI=1S/C9H12N4OS/c1-5-8(6-4-7(10)12-14-6)15-9(11-5)13(2)3/h4H,1-3H3,(H2,10,12). The van der Waals surface area contributed by atoms with Gasteiger partial charge in [0, 0.05) is 20.2 Å². The van der Waals surface area contributed by atoms with E-state index in [1.807, 2.05) is 25.9 Å². The molecular formula is C9H12N4OS. The molecule has 6 heteroatoms. The lowest BCUT2D eigenvalue weighted by atomic mass is 10.3. The van der Waals surface area contributed by atoms with E-state index in [4.69, 9.17) is 10.3 Å². The molecule has 15 heavy (non-hydrogen) atoms. The third-order valence-electron chi connectivity index (χ3n) is 1.92. The second-order valence-electron chi connectivity index (χ2n) is 3.42. The van der Waals surface area contributed by atoms with Crippen molar-refractivity contribution < 1.29 is 4.52 Å². The lowest BCUT2D eigenvalue weighted by Gasteiger charge is -2.04. The summed E-state index contributed by atoms with van der Waals surface area (Å²) in [6, 6.07) is 1.71. The Morgan fingerprint density at radius 1 is 1.47 bits per heavy atom.